The maximum atomic E-state index is 10.6. The third kappa shape index (κ3) is 9.64. The number of carbonyl (C=O) groups excluding carboxylic acids is 1. The van der Waals surface area contributed by atoms with Gasteiger partial charge in [0.25, 0.3) is 0 Å². The zero-order valence-corrected chi connectivity index (χ0v) is 9.94. The molecular formula is C11H20O5. The van der Waals surface area contributed by atoms with Gasteiger partial charge < -0.3 is 18.9 Å². The van der Waals surface area contributed by atoms with E-state index in [2.05, 4.69) is 6.58 Å². The molecule has 0 rings (SSSR count). The van der Waals surface area contributed by atoms with E-state index in [4.69, 9.17) is 18.9 Å². The first-order chi connectivity index (χ1) is 7.70. The lowest BCUT2D eigenvalue weighted by Crippen LogP contribution is -2.17. The summed E-state index contributed by atoms with van der Waals surface area (Å²) in [5.41, 5.74) is 0. The fraction of sp³-hybridized carbons (Fsp3) is 0.727. The van der Waals surface area contributed by atoms with Crippen LogP contribution in [0.25, 0.3) is 0 Å². The second-order valence-electron chi connectivity index (χ2n) is 3.11. The topological polar surface area (TPSA) is 54.0 Å². The van der Waals surface area contributed by atoms with Crippen molar-refractivity contribution in [3.05, 3.63) is 12.7 Å². The highest BCUT2D eigenvalue weighted by molar-refractivity contribution is 5.81. The Labute approximate surface area is 96.3 Å². The number of carbonyl (C=O) groups is 1. The quantitative estimate of drug-likeness (QED) is 0.316. The molecule has 0 N–H and O–H groups in total. The molecule has 0 aromatic carbocycles. The van der Waals surface area contributed by atoms with Gasteiger partial charge in [-0.2, -0.15) is 0 Å². The summed E-state index contributed by atoms with van der Waals surface area (Å²) in [5, 5.41) is 0. The molecule has 0 spiro atoms. The molecule has 94 valence electrons. The van der Waals surface area contributed by atoms with Crippen LogP contribution in [0.2, 0.25) is 0 Å². The van der Waals surface area contributed by atoms with E-state index >= 15 is 0 Å². The molecule has 0 saturated heterocycles. The normalized spacial score (nSPS) is 12.1. The van der Waals surface area contributed by atoms with Crippen molar-refractivity contribution in [3.8, 4) is 0 Å². The van der Waals surface area contributed by atoms with Crippen LogP contribution in [-0.2, 0) is 23.7 Å². The Bertz CT molecular complexity index is 193. The number of esters is 1. The van der Waals surface area contributed by atoms with Gasteiger partial charge in [-0.15, -0.1) is 0 Å². The molecule has 0 fully saturated rings. The van der Waals surface area contributed by atoms with Gasteiger partial charge in [0, 0.05) is 13.2 Å². The Morgan fingerprint density at radius 2 is 1.88 bits per heavy atom. The molecule has 0 bridgehead atoms. The van der Waals surface area contributed by atoms with Gasteiger partial charge in [-0.3, -0.25) is 0 Å². The van der Waals surface area contributed by atoms with E-state index < -0.39 is 5.97 Å². The Morgan fingerprint density at radius 3 is 2.50 bits per heavy atom. The monoisotopic (exact) mass is 232 g/mol. The second kappa shape index (κ2) is 10.6. The van der Waals surface area contributed by atoms with Gasteiger partial charge in [0.1, 0.15) is 6.61 Å². The van der Waals surface area contributed by atoms with Crippen molar-refractivity contribution >= 4 is 5.97 Å². The zero-order valence-electron chi connectivity index (χ0n) is 9.94. The summed E-state index contributed by atoms with van der Waals surface area (Å²) in [5.74, 6) is -0.436. The number of methoxy groups -OCH3 is 1. The molecule has 0 aliphatic rings. The standard InChI is InChI=1S/C11H20O5/c1-4-11(12)16-8-7-14-5-6-15-9-10(2)13-3/h4,10H,1,5-9H2,2-3H3. The molecule has 16 heavy (non-hydrogen) atoms. The van der Waals surface area contributed by atoms with Gasteiger partial charge in [-0.25, -0.2) is 4.79 Å². The van der Waals surface area contributed by atoms with Crippen LogP contribution >= 0.6 is 0 Å². The molecule has 0 aromatic heterocycles. The minimum atomic E-state index is -0.436. The van der Waals surface area contributed by atoms with Gasteiger partial charge in [-0.1, -0.05) is 6.58 Å². The Kier molecular flexibility index (Phi) is 10.00. The molecule has 5 nitrogen and oxygen atoms in total. The highest BCUT2D eigenvalue weighted by Crippen LogP contribution is 1.89. The first-order valence-electron chi connectivity index (χ1n) is 5.18. The van der Waals surface area contributed by atoms with E-state index in [-0.39, 0.29) is 12.7 Å². The second-order valence-corrected chi connectivity index (χ2v) is 3.11. The fourth-order valence-corrected chi connectivity index (χ4v) is 0.797. The maximum absolute atomic E-state index is 10.6. The molecule has 0 amide bonds. The molecule has 0 aliphatic carbocycles. The first kappa shape index (κ1) is 15.1. The summed E-state index contributed by atoms with van der Waals surface area (Å²) < 4.78 is 20.1. The summed E-state index contributed by atoms with van der Waals surface area (Å²) in [6.45, 7) is 7.33. The largest absolute Gasteiger partial charge is 0.460 e. The summed E-state index contributed by atoms with van der Waals surface area (Å²) in [6, 6.07) is 0. The molecule has 1 unspecified atom stereocenters. The number of rotatable bonds is 10. The highest BCUT2D eigenvalue weighted by atomic mass is 16.6. The van der Waals surface area contributed by atoms with Crippen LogP contribution < -0.4 is 0 Å². The third-order valence-corrected chi connectivity index (χ3v) is 1.77. The van der Waals surface area contributed by atoms with E-state index in [1.54, 1.807) is 7.11 Å². The van der Waals surface area contributed by atoms with Crippen molar-refractivity contribution in [2.75, 3.05) is 40.1 Å². The van der Waals surface area contributed by atoms with Crippen molar-refractivity contribution in [3.63, 3.8) is 0 Å². The van der Waals surface area contributed by atoms with Gasteiger partial charge >= 0.3 is 5.97 Å². The van der Waals surface area contributed by atoms with Crippen LogP contribution in [0.1, 0.15) is 6.92 Å². The third-order valence-electron chi connectivity index (χ3n) is 1.77. The lowest BCUT2D eigenvalue weighted by Gasteiger charge is -2.10. The minimum Gasteiger partial charge on any atom is -0.460 e. The zero-order chi connectivity index (χ0) is 12.2. The van der Waals surface area contributed by atoms with Crippen LogP contribution in [0, 0.1) is 0 Å². The van der Waals surface area contributed by atoms with Crippen molar-refractivity contribution in [1.29, 1.82) is 0 Å². The van der Waals surface area contributed by atoms with Crippen LogP contribution in [0.3, 0.4) is 0 Å². The van der Waals surface area contributed by atoms with Crippen LogP contribution in [0.5, 0.6) is 0 Å². The molecule has 1 atom stereocenters. The predicted molar refractivity (Wildman–Crippen MR) is 59.3 cm³/mol. The van der Waals surface area contributed by atoms with E-state index in [0.717, 1.165) is 6.08 Å². The van der Waals surface area contributed by atoms with E-state index in [0.29, 0.717) is 26.4 Å². The first-order valence-corrected chi connectivity index (χ1v) is 5.18. The molecule has 0 heterocycles. The predicted octanol–water partition coefficient (Wildman–Crippen LogP) is 0.784. The lowest BCUT2D eigenvalue weighted by atomic mass is 10.4. The molecule has 0 radical (unpaired) electrons. The average Bonchev–Trinajstić information content (AvgIpc) is 2.31. The van der Waals surface area contributed by atoms with Gasteiger partial charge in [-0.05, 0) is 6.92 Å². The Morgan fingerprint density at radius 1 is 1.25 bits per heavy atom. The van der Waals surface area contributed by atoms with E-state index in [1.165, 1.54) is 0 Å². The summed E-state index contributed by atoms with van der Waals surface area (Å²) in [4.78, 5) is 10.6. The minimum absolute atomic E-state index is 0.0912. The van der Waals surface area contributed by atoms with Crippen LogP contribution in [0.4, 0.5) is 0 Å². The molecule has 0 saturated carbocycles. The Hall–Kier alpha value is -0.910. The van der Waals surface area contributed by atoms with Crippen LogP contribution in [0.15, 0.2) is 12.7 Å². The van der Waals surface area contributed by atoms with Crippen molar-refractivity contribution in [2.45, 2.75) is 13.0 Å². The van der Waals surface area contributed by atoms with Gasteiger partial charge in [0.2, 0.25) is 0 Å². The summed E-state index contributed by atoms with van der Waals surface area (Å²) >= 11 is 0. The number of hydrogen-bond acceptors (Lipinski definition) is 5. The Balaban J connectivity index is 3.10. The summed E-state index contributed by atoms with van der Waals surface area (Å²) in [7, 11) is 1.64. The lowest BCUT2D eigenvalue weighted by molar-refractivity contribution is -0.139. The number of hydrogen-bond donors (Lipinski definition) is 0. The van der Waals surface area contributed by atoms with Crippen LogP contribution in [-0.4, -0.2) is 52.2 Å². The SMILES string of the molecule is C=CC(=O)OCCOCCOCC(C)OC. The van der Waals surface area contributed by atoms with E-state index in [1.807, 2.05) is 6.92 Å². The average molecular weight is 232 g/mol. The molecule has 0 aromatic rings. The molecular weight excluding hydrogens is 212 g/mol. The highest BCUT2D eigenvalue weighted by Gasteiger charge is 1.98. The summed E-state index contributed by atoms with van der Waals surface area (Å²) in [6.07, 6.45) is 1.21. The van der Waals surface area contributed by atoms with Gasteiger partial charge in [0.05, 0.1) is 32.5 Å². The van der Waals surface area contributed by atoms with E-state index in [9.17, 15) is 4.79 Å². The maximum Gasteiger partial charge on any atom is 0.330 e. The van der Waals surface area contributed by atoms with Crippen molar-refractivity contribution in [1.82, 2.24) is 0 Å². The van der Waals surface area contributed by atoms with Crippen molar-refractivity contribution < 1.29 is 23.7 Å². The fourth-order valence-electron chi connectivity index (χ4n) is 0.797. The molecule has 5 heteroatoms. The molecule has 0 aliphatic heterocycles. The smallest absolute Gasteiger partial charge is 0.330 e. The number of ether oxygens (including phenoxy) is 4. The van der Waals surface area contributed by atoms with Crippen molar-refractivity contribution in [2.24, 2.45) is 0 Å². The van der Waals surface area contributed by atoms with Gasteiger partial charge in [0.15, 0.2) is 0 Å².